The lowest BCUT2D eigenvalue weighted by Gasteiger charge is -2.28. The number of para-hydroxylation sites is 1. The molecule has 2 heterocycles. The van der Waals surface area contributed by atoms with Crippen LogP contribution in [0.1, 0.15) is 22.3 Å². The zero-order chi connectivity index (χ0) is 13.2. The molecule has 1 aromatic carbocycles. The van der Waals surface area contributed by atoms with E-state index in [9.17, 15) is 4.79 Å². The normalized spacial score (nSPS) is 14.3. The summed E-state index contributed by atoms with van der Waals surface area (Å²) in [5.41, 5.74) is 1.80. The summed E-state index contributed by atoms with van der Waals surface area (Å²) in [7, 11) is 0. The molecule has 0 bridgehead atoms. The van der Waals surface area contributed by atoms with E-state index in [1.165, 1.54) is 11.5 Å². The Kier molecular flexibility index (Phi) is 3.52. The van der Waals surface area contributed by atoms with Crippen LogP contribution in [0.2, 0.25) is 0 Å². The van der Waals surface area contributed by atoms with E-state index in [2.05, 4.69) is 15.7 Å². The van der Waals surface area contributed by atoms with E-state index in [0.29, 0.717) is 4.88 Å². The molecule has 0 radical (unpaired) electrons. The Morgan fingerprint density at radius 3 is 3.11 bits per heavy atom. The molecule has 0 N–H and O–H groups in total. The van der Waals surface area contributed by atoms with Crippen LogP contribution in [0.5, 0.6) is 0 Å². The van der Waals surface area contributed by atoms with Gasteiger partial charge in [-0.2, -0.15) is 0 Å². The zero-order valence-corrected chi connectivity index (χ0v) is 12.1. The number of aromatic nitrogens is 2. The highest BCUT2D eigenvalue weighted by Crippen LogP contribution is 2.35. The van der Waals surface area contributed by atoms with E-state index >= 15 is 0 Å². The predicted octanol–water partition coefficient (Wildman–Crippen LogP) is 2.85. The number of fused-ring (bicyclic) bond motifs is 1. The van der Waals surface area contributed by atoms with Gasteiger partial charge in [0.2, 0.25) is 0 Å². The quantitative estimate of drug-likeness (QED) is 0.853. The third kappa shape index (κ3) is 2.26. The minimum Gasteiger partial charge on any atom is -0.306 e. The van der Waals surface area contributed by atoms with Crippen molar-refractivity contribution in [3.05, 3.63) is 34.8 Å². The van der Waals surface area contributed by atoms with Crippen molar-refractivity contribution in [2.24, 2.45) is 0 Å². The molecule has 3 rings (SSSR count). The highest BCUT2D eigenvalue weighted by atomic mass is 32.2. The molecule has 4 nitrogen and oxygen atoms in total. The number of benzene rings is 1. The number of amides is 1. The first-order chi connectivity index (χ1) is 9.31. The molecule has 0 aliphatic carbocycles. The summed E-state index contributed by atoms with van der Waals surface area (Å²) in [5.74, 6) is 0.954. The van der Waals surface area contributed by atoms with E-state index in [1.807, 2.05) is 30.0 Å². The van der Waals surface area contributed by atoms with Crippen LogP contribution in [0.4, 0.5) is 5.69 Å². The molecule has 1 aliphatic rings. The minimum atomic E-state index is 0.0274. The highest BCUT2D eigenvalue weighted by molar-refractivity contribution is 7.99. The molecule has 1 aromatic heterocycles. The summed E-state index contributed by atoms with van der Waals surface area (Å²) in [5, 5.41) is 4.02. The van der Waals surface area contributed by atoms with E-state index in [4.69, 9.17) is 0 Å². The number of hydrogen-bond donors (Lipinski definition) is 0. The van der Waals surface area contributed by atoms with Gasteiger partial charge in [0, 0.05) is 17.2 Å². The van der Waals surface area contributed by atoms with Gasteiger partial charge < -0.3 is 4.90 Å². The van der Waals surface area contributed by atoms with Crippen molar-refractivity contribution in [2.45, 2.75) is 18.2 Å². The first kappa shape index (κ1) is 12.6. The van der Waals surface area contributed by atoms with Gasteiger partial charge in [-0.15, -0.1) is 16.9 Å². The number of carbonyl (C=O) groups is 1. The number of nitrogens with zero attached hydrogens (tertiary/aromatic N) is 3. The molecule has 0 spiro atoms. The molecule has 6 heteroatoms. The topological polar surface area (TPSA) is 46.1 Å². The van der Waals surface area contributed by atoms with Crippen LogP contribution in [-0.4, -0.2) is 27.8 Å². The van der Waals surface area contributed by atoms with Gasteiger partial charge in [-0.3, -0.25) is 4.79 Å². The van der Waals surface area contributed by atoms with Crippen LogP contribution in [0.25, 0.3) is 0 Å². The summed E-state index contributed by atoms with van der Waals surface area (Å²) in [6.45, 7) is 2.73. The molecule has 0 atom stereocenters. The molecule has 0 saturated heterocycles. The Morgan fingerprint density at radius 1 is 1.42 bits per heavy atom. The van der Waals surface area contributed by atoms with Crippen LogP contribution in [-0.2, 0) is 6.42 Å². The molecule has 98 valence electrons. The van der Waals surface area contributed by atoms with Crippen molar-refractivity contribution in [1.82, 2.24) is 9.59 Å². The Labute approximate surface area is 120 Å². The van der Waals surface area contributed by atoms with Crippen LogP contribution >= 0.6 is 23.3 Å². The minimum absolute atomic E-state index is 0.0274. The largest absolute Gasteiger partial charge is 0.306 e. The molecule has 1 aliphatic heterocycles. The highest BCUT2D eigenvalue weighted by Gasteiger charge is 2.26. The van der Waals surface area contributed by atoms with Crippen molar-refractivity contribution < 1.29 is 4.79 Å². The van der Waals surface area contributed by atoms with Gasteiger partial charge in [0.05, 0.1) is 11.4 Å². The number of rotatable bonds is 2. The molecule has 0 fully saturated rings. The summed E-state index contributed by atoms with van der Waals surface area (Å²) in [6.07, 6.45) is 0.738. The first-order valence-electron chi connectivity index (χ1n) is 6.16. The van der Waals surface area contributed by atoms with Crippen LogP contribution < -0.4 is 4.90 Å². The SMILES string of the molecule is CCc1nnsc1C(=O)N1CCSc2ccccc21. The van der Waals surface area contributed by atoms with Gasteiger partial charge in [0.1, 0.15) is 4.88 Å². The fraction of sp³-hybridized carbons (Fsp3) is 0.308. The molecular formula is C13H13N3OS2. The van der Waals surface area contributed by atoms with Gasteiger partial charge in [-0.1, -0.05) is 23.5 Å². The second-order valence-electron chi connectivity index (χ2n) is 4.18. The van der Waals surface area contributed by atoms with Gasteiger partial charge in [0.25, 0.3) is 5.91 Å². The summed E-state index contributed by atoms with van der Waals surface area (Å²) in [6, 6.07) is 8.03. The summed E-state index contributed by atoms with van der Waals surface area (Å²) < 4.78 is 3.90. The van der Waals surface area contributed by atoms with Crippen molar-refractivity contribution in [2.75, 3.05) is 17.2 Å². The second kappa shape index (κ2) is 5.30. The fourth-order valence-electron chi connectivity index (χ4n) is 2.11. The Balaban J connectivity index is 1.98. The first-order valence-corrected chi connectivity index (χ1v) is 7.92. The molecular weight excluding hydrogens is 278 g/mol. The van der Waals surface area contributed by atoms with Crippen molar-refractivity contribution in [3.8, 4) is 0 Å². The average molecular weight is 291 g/mol. The van der Waals surface area contributed by atoms with E-state index in [0.717, 1.165) is 35.0 Å². The van der Waals surface area contributed by atoms with Crippen molar-refractivity contribution in [1.29, 1.82) is 0 Å². The van der Waals surface area contributed by atoms with E-state index < -0.39 is 0 Å². The fourth-order valence-corrected chi connectivity index (χ4v) is 3.80. The van der Waals surface area contributed by atoms with Gasteiger partial charge >= 0.3 is 0 Å². The second-order valence-corrected chi connectivity index (χ2v) is 6.07. The monoisotopic (exact) mass is 291 g/mol. The standard InChI is InChI=1S/C13H13N3OS2/c1-2-9-12(19-15-14-9)13(17)16-7-8-18-11-6-4-3-5-10(11)16/h3-6H,2,7-8H2,1H3. The van der Waals surface area contributed by atoms with Crippen molar-refractivity contribution in [3.63, 3.8) is 0 Å². The Morgan fingerprint density at radius 2 is 2.26 bits per heavy atom. The maximum Gasteiger partial charge on any atom is 0.271 e. The predicted molar refractivity (Wildman–Crippen MR) is 78.1 cm³/mol. The maximum absolute atomic E-state index is 12.7. The van der Waals surface area contributed by atoms with Crippen LogP contribution in [0, 0.1) is 0 Å². The van der Waals surface area contributed by atoms with Gasteiger partial charge in [-0.25, -0.2) is 0 Å². The summed E-state index contributed by atoms with van der Waals surface area (Å²) in [4.78, 5) is 16.3. The van der Waals surface area contributed by atoms with E-state index in [-0.39, 0.29) is 5.91 Å². The van der Waals surface area contributed by atoms with Crippen LogP contribution in [0.3, 0.4) is 0 Å². The van der Waals surface area contributed by atoms with Crippen molar-refractivity contribution >= 4 is 34.9 Å². The number of carbonyl (C=O) groups excluding carboxylic acids is 1. The Bertz CT molecular complexity index is 611. The lowest BCUT2D eigenvalue weighted by molar-refractivity contribution is 0.0990. The lowest BCUT2D eigenvalue weighted by Crippen LogP contribution is -2.35. The molecule has 0 unspecified atom stereocenters. The third-order valence-electron chi connectivity index (χ3n) is 3.06. The zero-order valence-electron chi connectivity index (χ0n) is 10.5. The Hall–Kier alpha value is -1.40. The smallest absolute Gasteiger partial charge is 0.271 e. The molecule has 2 aromatic rings. The lowest BCUT2D eigenvalue weighted by atomic mass is 10.2. The summed E-state index contributed by atoms with van der Waals surface area (Å²) >= 11 is 2.99. The maximum atomic E-state index is 12.7. The number of aryl methyl sites for hydroxylation is 1. The van der Waals surface area contributed by atoms with Gasteiger partial charge in [-0.05, 0) is 30.1 Å². The number of thioether (sulfide) groups is 1. The average Bonchev–Trinajstić information content (AvgIpc) is 2.94. The number of anilines is 1. The molecule has 19 heavy (non-hydrogen) atoms. The molecule has 1 amide bonds. The van der Waals surface area contributed by atoms with E-state index in [1.54, 1.807) is 11.8 Å². The van der Waals surface area contributed by atoms with Crippen LogP contribution in [0.15, 0.2) is 29.2 Å². The number of hydrogen-bond acceptors (Lipinski definition) is 5. The molecule has 0 saturated carbocycles. The van der Waals surface area contributed by atoms with Gasteiger partial charge in [0.15, 0.2) is 0 Å². The third-order valence-corrected chi connectivity index (χ3v) is 4.86.